The molecule has 1 fully saturated rings. The lowest BCUT2D eigenvalue weighted by Crippen LogP contribution is -2.40. The van der Waals surface area contributed by atoms with Crippen molar-refractivity contribution in [3.05, 3.63) is 0 Å². The SMILES string of the molecule is CCCN(CC1CC1)C(=O)C(C)CNC.Cl. The van der Waals surface area contributed by atoms with Crippen molar-refractivity contribution in [2.24, 2.45) is 11.8 Å². The fourth-order valence-corrected chi connectivity index (χ4v) is 1.88. The van der Waals surface area contributed by atoms with Crippen LogP contribution >= 0.6 is 12.4 Å². The molecule has 1 rings (SSSR count). The Morgan fingerprint density at radius 1 is 1.50 bits per heavy atom. The topological polar surface area (TPSA) is 32.3 Å². The maximum Gasteiger partial charge on any atom is 0.226 e. The minimum atomic E-state index is 0. The monoisotopic (exact) mass is 248 g/mol. The number of carbonyl (C=O) groups is 1. The zero-order valence-corrected chi connectivity index (χ0v) is 11.5. The molecular weight excluding hydrogens is 224 g/mol. The van der Waals surface area contributed by atoms with Gasteiger partial charge in [0.25, 0.3) is 0 Å². The summed E-state index contributed by atoms with van der Waals surface area (Å²) in [5.74, 6) is 1.22. The van der Waals surface area contributed by atoms with Crippen LogP contribution < -0.4 is 5.32 Å². The van der Waals surface area contributed by atoms with Gasteiger partial charge in [0, 0.05) is 25.6 Å². The van der Waals surface area contributed by atoms with Crippen molar-refractivity contribution in [1.29, 1.82) is 0 Å². The lowest BCUT2D eigenvalue weighted by Gasteiger charge is -2.25. The molecule has 0 aromatic carbocycles. The highest BCUT2D eigenvalue weighted by Gasteiger charge is 2.27. The number of rotatable bonds is 7. The van der Waals surface area contributed by atoms with E-state index in [1.807, 2.05) is 14.0 Å². The molecule has 1 amide bonds. The molecule has 16 heavy (non-hydrogen) atoms. The first-order valence-corrected chi connectivity index (χ1v) is 6.12. The molecule has 0 aromatic heterocycles. The largest absolute Gasteiger partial charge is 0.342 e. The molecule has 1 N–H and O–H groups in total. The van der Waals surface area contributed by atoms with E-state index in [4.69, 9.17) is 0 Å². The summed E-state index contributed by atoms with van der Waals surface area (Å²) in [6, 6.07) is 0. The maximum absolute atomic E-state index is 12.1. The number of carbonyl (C=O) groups excluding carboxylic acids is 1. The fourth-order valence-electron chi connectivity index (χ4n) is 1.88. The zero-order valence-electron chi connectivity index (χ0n) is 10.7. The Morgan fingerprint density at radius 3 is 2.56 bits per heavy atom. The fraction of sp³-hybridized carbons (Fsp3) is 0.917. The van der Waals surface area contributed by atoms with Gasteiger partial charge in [-0.2, -0.15) is 0 Å². The summed E-state index contributed by atoms with van der Waals surface area (Å²) in [6.07, 6.45) is 3.69. The summed E-state index contributed by atoms with van der Waals surface area (Å²) in [5, 5.41) is 3.07. The van der Waals surface area contributed by atoms with Crippen molar-refractivity contribution >= 4 is 18.3 Å². The van der Waals surface area contributed by atoms with E-state index in [1.54, 1.807) is 0 Å². The van der Waals surface area contributed by atoms with Gasteiger partial charge in [0.05, 0.1) is 0 Å². The van der Waals surface area contributed by atoms with Gasteiger partial charge in [-0.3, -0.25) is 4.79 Å². The molecule has 0 aromatic rings. The molecule has 0 heterocycles. The van der Waals surface area contributed by atoms with Crippen molar-refractivity contribution < 1.29 is 4.79 Å². The zero-order chi connectivity index (χ0) is 11.3. The van der Waals surface area contributed by atoms with Crippen molar-refractivity contribution in [3.63, 3.8) is 0 Å². The molecule has 1 saturated carbocycles. The number of hydrogen-bond acceptors (Lipinski definition) is 2. The molecule has 1 aliphatic carbocycles. The minimum absolute atomic E-state index is 0. The highest BCUT2D eigenvalue weighted by molar-refractivity contribution is 5.85. The Balaban J connectivity index is 0.00000225. The summed E-state index contributed by atoms with van der Waals surface area (Å²) in [6.45, 7) is 6.83. The van der Waals surface area contributed by atoms with Gasteiger partial charge in [-0.1, -0.05) is 13.8 Å². The molecule has 0 bridgehead atoms. The Morgan fingerprint density at radius 2 is 2.12 bits per heavy atom. The third-order valence-electron chi connectivity index (χ3n) is 2.91. The van der Waals surface area contributed by atoms with Crippen LogP contribution in [0.1, 0.15) is 33.1 Å². The molecule has 0 saturated heterocycles. The van der Waals surface area contributed by atoms with Gasteiger partial charge in [-0.15, -0.1) is 12.4 Å². The maximum atomic E-state index is 12.1. The Kier molecular flexibility index (Phi) is 7.77. The number of nitrogens with zero attached hydrogens (tertiary/aromatic N) is 1. The normalized spacial score (nSPS) is 16.4. The summed E-state index contributed by atoms with van der Waals surface area (Å²) in [5.41, 5.74) is 0. The van der Waals surface area contributed by atoms with E-state index in [9.17, 15) is 4.79 Å². The molecule has 1 atom stereocenters. The number of halogens is 1. The van der Waals surface area contributed by atoms with Gasteiger partial charge in [0.1, 0.15) is 0 Å². The summed E-state index contributed by atoms with van der Waals surface area (Å²) < 4.78 is 0. The smallest absolute Gasteiger partial charge is 0.226 e. The van der Waals surface area contributed by atoms with E-state index in [0.29, 0.717) is 5.91 Å². The Hall–Kier alpha value is -0.280. The number of nitrogens with one attached hydrogen (secondary N) is 1. The van der Waals surface area contributed by atoms with Crippen LogP contribution in [0.2, 0.25) is 0 Å². The molecule has 0 aliphatic heterocycles. The first-order valence-electron chi connectivity index (χ1n) is 6.12. The van der Waals surface area contributed by atoms with Crippen LogP contribution in [0.3, 0.4) is 0 Å². The highest BCUT2D eigenvalue weighted by Crippen LogP contribution is 2.30. The quantitative estimate of drug-likeness (QED) is 0.747. The third kappa shape index (κ3) is 5.17. The van der Waals surface area contributed by atoms with Crippen LogP contribution in [0.25, 0.3) is 0 Å². The van der Waals surface area contributed by atoms with E-state index in [0.717, 1.165) is 32.0 Å². The average molecular weight is 249 g/mol. The first-order chi connectivity index (χ1) is 7.19. The lowest BCUT2D eigenvalue weighted by molar-refractivity contribution is -0.135. The standard InChI is InChI=1S/C12H24N2O.ClH/c1-4-7-14(9-11-5-6-11)12(15)10(2)8-13-3;/h10-11,13H,4-9H2,1-3H3;1H. The van der Waals surface area contributed by atoms with E-state index in [2.05, 4.69) is 17.1 Å². The van der Waals surface area contributed by atoms with Crippen LogP contribution in [0.15, 0.2) is 0 Å². The second-order valence-corrected chi connectivity index (χ2v) is 4.69. The first kappa shape index (κ1) is 15.7. The molecule has 96 valence electrons. The molecule has 1 unspecified atom stereocenters. The second-order valence-electron chi connectivity index (χ2n) is 4.69. The van der Waals surface area contributed by atoms with Crippen molar-refractivity contribution in [3.8, 4) is 0 Å². The van der Waals surface area contributed by atoms with Crippen LogP contribution in [0.4, 0.5) is 0 Å². The van der Waals surface area contributed by atoms with E-state index in [1.165, 1.54) is 12.8 Å². The van der Waals surface area contributed by atoms with Crippen LogP contribution in [0, 0.1) is 11.8 Å². The highest BCUT2D eigenvalue weighted by atomic mass is 35.5. The lowest BCUT2D eigenvalue weighted by atomic mass is 10.1. The van der Waals surface area contributed by atoms with Crippen molar-refractivity contribution in [1.82, 2.24) is 10.2 Å². The van der Waals surface area contributed by atoms with Gasteiger partial charge >= 0.3 is 0 Å². The van der Waals surface area contributed by atoms with Crippen LogP contribution in [-0.2, 0) is 4.79 Å². The molecular formula is C12H25ClN2O. The predicted octanol–water partition coefficient (Wildman–Crippen LogP) is 1.91. The van der Waals surface area contributed by atoms with E-state index >= 15 is 0 Å². The van der Waals surface area contributed by atoms with Crippen molar-refractivity contribution in [2.75, 3.05) is 26.7 Å². The molecule has 0 radical (unpaired) electrons. The number of hydrogen-bond donors (Lipinski definition) is 1. The second kappa shape index (κ2) is 7.91. The molecule has 4 heteroatoms. The average Bonchev–Trinajstić information content (AvgIpc) is 3.00. The van der Waals surface area contributed by atoms with Crippen LogP contribution in [-0.4, -0.2) is 37.5 Å². The van der Waals surface area contributed by atoms with Crippen molar-refractivity contribution in [2.45, 2.75) is 33.1 Å². The minimum Gasteiger partial charge on any atom is -0.342 e. The number of amides is 1. The molecule has 0 spiro atoms. The van der Waals surface area contributed by atoms with Gasteiger partial charge < -0.3 is 10.2 Å². The predicted molar refractivity (Wildman–Crippen MR) is 69.9 cm³/mol. The van der Waals surface area contributed by atoms with E-state index in [-0.39, 0.29) is 18.3 Å². The van der Waals surface area contributed by atoms with Crippen LogP contribution in [0.5, 0.6) is 0 Å². The van der Waals surface area contributed by atoms with Gasteiger partial charge in [-0.05, 0) is 32.2 Å². The van der Waals surface area contributed by atoms with Gasteiger partial charge in [0.15, 0.2) is 0 Å². The van der Waals surface area contributed by atoms with Gasteiger partial charge in [-0.25, -0.2) is 0 Å². The Labute approximate surface area is 105 Å². The summed E-state index contributed by atoms with van der Waals surface area (Å²) >= 11 is 0. The Bertz CT molecular complexity index is 207. The summed E-state index contributed by atoms with van der Waals surface area (Å²) in [7, 11) is 1.90. The summed E-state index contributed by atoms with van der Waals surface area (Å²) in [4.78, 5) is 14.1. The third-order valence-corrected chi connectivity index (χ3v) is 2.91. The van der Waals surface area contributed by atoms with Gasteiger partial charge in [0.2, 0.25) is 5.91 Å². The molecule has 3 nitrogen and oxygen atoms in total. The van der Waals surface area contributed by atoms with E-state index < -0.39 is 0 Å². The molecule has 1 aliphatic rings.